The van der Waals surface area contributed by atoms with Crippen LogP contribution in [-0.4, -0.2) is 18.9 Å². The molecule has 5 nitrogen and oxygen atoms in total. The topological polar surface area (TPSA) is 71.7 Å². The monoisotopic (exact) mass is 262 g/mol. The number of alkyl halides is 3. The first-order valence-electron chi connectivity index (χ1n) is 5.08. The van der Waals surface area contributed by atoms with Crippen LogP contribution in [0.25, 0.3) is 0 Å². The fourth-order valence-electron chi connectivity index (χ4n) is 1.16. The van der Waals surface area contributed by atoms with Gasteiger partial charge in [0.05, 0.1) is 0 Å². The standard InChI is InChI=1S/C10H13F3N4O/c1-2-15-9(17-14)16-7-3-5-8(6-4-7)18-10(11,12)13/h3-6H,2,14H2,1H3,(H2,15,16,17). The highest BCUT2D eigenvalue weighted by atomic mass is 19.4. The van der Waals surface area contributed by atoms with Crippen molar-refractivity contribution in [3.8, 4) is 5.75 Å². The Morgan fingerprint density at radius 3 is 2.39 bits per heavy atom. The molecule has 0 unspecified atom stereocenters. The van der Waals surface area contributed by atoms with E-state index >= 15 is 0 Å². The van der Waals surface area contributed by atoms with E-state index in [0.29, 0.717) is 18.2 Å². The lowest BCUT2D eigenvalue weighted by Gasteiger charge is -2.11. The highest BCUT2D eigenvalue weighted by molar-refractivity contribution is 5.93. The van der Waals surface area contributed by atoms with Gasteiger partial charge in [-0.3, -0.25) is 10.4 Å². The number of halogens is 3. The van der Waals surface area contributed by atoms with Gasteiger partial charge in [0, 0.05) is 12.2 Å². The summed E-state index contributed by atoms with van der Waals surface area (Å²) in [6.45, 7) is 2.33. The molecular weight excluding hydrogens is 249 g/mol. The Bertz CT molecular complexity index is 403. The number of benzene rings is 1. The largest absolute Gasteiger partial charge is 0.573 e. The zero-order chi connectivity index (χ0) is 13.6. The van der Waals surface area contributed by atoms with Crippen molar-refractivity contribution in [3.63, 3.8) is 0 Å². The number of hydrazine groups is 1. The predicted octanol–water partition coefficient (Wildman–Crippen LogP) is 1.84. The Labute approximate surface area is 102 Å². The molecule has 0 amide bonds. The molecule has 0 fully saturated rings. The Morgan fingerprint density at radius 2 is 1.94 bits per heavy atom. The summed E-state index contributed by atoms with van der Waals surface area (Å²) in [4.78, 5) is 3.98. The maximum Gasteiger partial charge on any atom is 0.573 e. The molecule has 4 N–H and O–H groups in total. The maximum atomic E-state index is 11.9. The zero-order valence-corrected chi connectivity index (χ0v) is 9.58. The summed E-state index contributed by atoms with van der Waals surface area (Å²) in [5.41, 5.74) is 2.87. The third kappa shape index (κ3) is 4.91. The molecule has 0 spiro atoms. The van der Waals surface area contributed by atoms with Gasteiger partial charge in [-0.25, -0.2) is 5.84 Å². The first-order valence-corrected chi connectivity index (χ1v) is 5.08. The molecule has 0 aromatic heterocycles. The number of aliphatic imine (C=N–C) groups is 1. The first kappa shape index (κ1) is 14.1. The minimum atomic E-state index is -4.69. The first-order chi connectivity index (χ1) is 8.44. The van der Waals surface area contributed by atoms with Gasteiger partial charge in [-0.05, 0) is 31.2 Å². The Balaban J connectivity index is 2.68. The van der Waals surface area contributed by atoms with Crippen molar-refractivity contribution >= 4 is 11.6 Å². The molecule has 1 aromatic carbocycles. The zero-order valence-electron chi connectivity index (χ0n) is 9.58. The SMILES string of the molecule is CCN=C(NN)Nc1ccc(OC(F)(F)F)cc1. The molecule has 8 heteroatoms. The summed E-state index contributed by atoms with van der Waals surface area (Å²) in [7, 11) is 0. The molecule has 0 atom stereocenters. The molecule has 100 valence electrons. The van der Waals surface area contributed by atoms with E-state index in [9.17, 15) is 13.2 Å². The van der Waals surface area contributed by atoms with Crippen LogP contribution >= 0.6 is 0 Å². The second-order valence-corrected chi connectivity index (χ2v) is 3.16. The second-order valence-electron chi connectivity index (χ2n) is 3.16. The minimum Gasteiger partial charge on any atom is -0.406 e. The van der Waals surface area contributed by atoms with E-state index in [1.54, 1.807) is 0 Å². The number of nitrogens with zero attached hydrogens (tertiary/aromatic N) is 1. The summed E-state index contributed by atoms with van der Waals surface area (Å²) < 4.78 is 39.5. The van der Waals surface area contributed by atoms with Crippen LogP contribution in [-0.2, 0) is 0 Å². The molecule has 18 heavy (non-hydrogen) atoms. The fourth-order valence-corrected chi connectivity index (χ4v) is 1.16. The Morgan fingerprint density at radius 1 is 1.33 bits per heavy atom. The molecule has 0 saturated heterocycles. The molecule has 0 bridgehead atoms. The summed E-state index contributed by atoms with van der Waals surface area (Å²) in [5, 5.41) is 2.80. The normalized spacial score (nSPS) is 12.2. The van der Waals surface area contributed by atoms with E-state index in [-0.39, 0.29) is 5.75 Å². The molecule has 1 aromatic rings. The van der Waals surface area contributed by atoms with Crippen LogP contribution in [0.4, 0.5) is 18.9 Å². The van der Waals surface area contributed by atoms with Crippen molar-refractivity contribution in [2.45, 2.75) is 13.3 Å². The number of anilines is 1. The van der Waals surface area contributed by atoms with Crippen LogP contribution in [0.3, 0.4) is 0 Å². The van der Waals surface area contributed by atoms with E-state index in [0.717, 1.165) is 0 Å². The average molecular weight is 262 g/mol. The van der Waals surface area contributed by atoms with Crippen LogP contribution in [0, 0.1) is 0 Å². The number of nitrogens with one attached hydrogen (secondary N) is 2. The highest BCUT2D eigenvalue weighted by Gasteiger charge is 2.30. The van der Waals surface area contributed by atoms with Crippen LogP contribution in [0.5, 0.6) is 5.75 Å². The number of rotatable bonds is 3. The van der Waals surface area contributed by atoms with Gasteiger partial charge in [0.1, 0.15) is 5.75 Å². The molecule has 0 heterocycles. The van der Waals surface area contributed by atoms with Gasteiger partial charge < -0.3 is 10.1 Å². The fraction of sp³-hybridized carbons (Fsp3) is 0.300. The van der Waals surface area contributed by atoms with Gasteiger partial charge in [0.2, 0.25) is 5.96 Å². The van der Waals surface area contributed by atoms with Crippen molar-refractivity contribution < 1.29 is 17.9 Å². The number of nitrogens with two attached hydrogens (primary N) is 1. The van der Waals surface area contributed by atoms with E-state index in [4.69, 9.17) is 5.84 Å². The molecule has 0 aliphatic carbocycles. The molecular formula is C10H13F3N4O. The second kappa shape index (κ2) is 6.10. The summed E-state index contributed by atoms with van der Waals surface area (Å²) in [6.07, 6.45) is -4.69. The van der Waals surface area contributed by atoms with Gasteiger partial charge in [0.15, 0.2) is 0 Å². The van der Waals surface area contributed by atoms with Crippen molar-refractivity contribution in [3.05, 3.63) is 24.3 Å². The quantitative estimate of drug-likeness (QED) is 0.336. The van der Waals surface area contributed by atoms with E-state index < -0.39 is 6.36 Å². The lowest BCUT2D eigenvalue weighted by atomic mass is 10.3. The number of hydrogen-bond donors (Lipinski definition) is 3. The number of guanidine groups is 1. The lowest BCUT2D eigenvalue weighted by molar-refractivity contribution is -0.274. The third-order valence-corrected chi connectivity index (χ3v) is 1.80. The molecule has 0 aliphatic rings. The Kier molecular flexibility index (Phi) is 4.78. The highest BCUT2D eigenvalue weighted by Crippen LogP contribution is 2.23. The molecule has 0 radical (unpaired) electrons. The Hall–Kier alpha value is -1.96. The van der Waals surface area contributed by atoms with Gasteiger partial charge in [-0.15, -0.1) is 13.2 Å². The van der Waals surface area contributed by atoms with Crippen molar-refractivity contribution in [1.82, 2.24) is 5.43 Å². The van der Waals surface area contributed by atoms with Crippen LogP contribution in [0.1, 0.15) is 6.92 Å². The van der Waals surface area contributed by atoms with Crippen LogP contribution in [0.2, 0.25) is 0 Å². The van der Waals surface area contributed by atoms with Gasteiger partial charge >= 0.3 is 6.36 Å². The predicted molar refractivity (Wildman–Crippen MR) is 62.0 cm³/mol. The average Bonchev–Trinajstić information content (AvgIpc) is 2.29. The number of hydrogen-bond acceptors (Lipinski definition) is 3. The van der Waals surface area contributed by atoms with Gasteiger partial charge in [0.25, 0.3) is 0 Å². The molecule has 0 saturated carbocycles. The summed E-state index contributed by atoms with van der Waals surface area (Å²) in [5.74, 6) is 5.24. The van der Waals surface area contributed by atoms with Crippen LogP contribution in [0.15, 0.2) is 29.3 Å². The van der Waals surface area contributed by atoms with E-state index in [2.05, 4.69) is 20.5 Å². The lowest BCUT2D eigenvalue weighted by Crippen LogP contribution is -2.36. The minimum absolute atomic E-state index is 0.289. The molecule has 0 aliphatic heterocycles. The smallest absolute Gasteiger partial charge is 0.406 e. The van der Waals surface area contributed by atoms with E-state index in [1.165, 1.54) is 24.3 Å². The van der Waals surface area contributed by atoms with Crippen LogP contribution < -0.4 is 21.3 Å². The summed E-state index contributed by atoms with van der Waals surface area (Å²) in [6, 6.07) is 5.22. The molecule has 1 rings (SSSR count). The van der Waals surface area contributed by atoms with Crippen molar-refractivity contribution in [2.24, 2.45) is 10.8 Å². The third-order valence-electron chi connectivity index (χ3n) is 1.80. The van der Waals surface area contributed by atoms with Crippen molar-refractivity contribution in [2.75, 3.05) is 11.9 Å². The number of ether oxygens (including phenoxy) is 1. The van der Waals surface area contributed by atoms with Gasteiger partial charge in [-0.2, -0.15) is 0 Å². The summed E-state index contributed by atoms with van der Waals surface area (Å²) >= 11 is 0. The van der Waals surface area contributed by atoms with Gasteiger partial charge in [-0.1, -0.05) is 0 Å². The van der Waals surface area contributed by atoms with E-state index in [1.807, 2.05) is 6.92 Å². The van der Waals surface area contributed by atoms with Crippen molar-refractivity contribution in [1.29, 1.82) is 0 Å². The maximum absolute atomic E-state index is 11.9.